The van der Waals surface area contributed by atoms with Crippen molar-refractivity contribution in [1.82, 2.24) is 0 Å². The Bertz CT molecular complexity index is 1290. The quantitative estimate of drug-likeness (QED) is 0.296. The number of fused-ring (bicyclic) bond motifs is 1. The van der Waals surface area contributed by atoms with Gasteiger partial charge in [-0.1, -0.05) is 53.5 Å². The molecule has 2 aliphatic heterocycles. The zero-order valence-corrected chi connectivity index (χ0v) is 18.3. The average molecular weight is 484 g/mol. The van der Waals surface area contributed by atoms with Gasteiger partial charge >= 0.3 is 0 Å². The van der Waals surface area contributed by atoms with E-state index in [2.05, 4.69) is 0 Å². The lowest BCUT2D eigenvalue weighted by atomic mass is 9.90. The number of anilines is 2. The van der Waals surface area contributed by atoms with E-state index in [1.54, 1.807) is 36.4 Å². The van der Waals surface area contributed by atoms with E-state index in [-0.39, 0.29) is 16.4 Å². The second kappa shape index (κ2) is 8.15. The standard InChI is InChI=1S/C23H15Cl2N3O5/c24-17-10-9-15(12-18(17)25)26-22(29)19-20(13-5-4-8-16(11-13)28(31)32)27(33-21(19)23(26)30)14-6-2-1-3-7-14/h1-12,19-21H/t19-,20-,21+/m0/s1. The number of nitrogens with zero attached hydrogens (tertiary/aromatic N) is 3. The van der Waals surface area contributed by atoms with Crippen molar-refractivity contribution in [2.24, 2.45) is 5.92 Å². The first kappa shape index (κ1) is 21.4. The third-order valence-corrected chi connectivity index (χ3v) is 6.45. The average Bonchev–Trinajstić information content (AvgIpc) is 3.32. The van der Waals surface area contributed by atoms with Crippen LogP contribution in [0.2, 0.25) is 10.0 Å². The molecule has 3 aromatic carbocycles. The van der Waals surface area contributed by atoms with E-state index in [0.717, 1.165) is 4.90 Å². The van der Waals surface area contributed by atoms with E-state index in [1.807, 2.05) is 6.07 Å². The summed E-state index contributed by atoms with van der Waals surface area (Å²) in [6, 6.07) is 18.7. The van der Waals surface area contributed by atoms with E-state index < -0.39 is 34.8 Å². The van der Waals surface area contributed by atoms with E-state index >= 15 is 0 Å². The molecular weight excluding hydrogens is 469 g/mol. The number of hydroxylamine groups is 1. The maximum Gasteiger partial charge on any atom is 0.269 e. The van der Waals surface area contributed by atoms with Crippen LogP contribution >= 0.6 is 23.2 Å². The van der Waals surface area contributed by atoms with Crippen LogP contribution in [0.4, 0.5) is 17.1 Å². The number of carbonyl (C=O) groups is 2. The molecule has 166 valence electrons. The number of hydrogen-bond donors (Lipinski definition) is 0. The second-order valence-electron chi connectivity index (χ2n) is 7.62. The molecule has 2 aliphatic rings. The Kier molecular flexibility index (Phi) is 5.28. The lowest BCUT2D eigenvalue weighted by Crippen LogP contribution is -2.37. The fraction of sp³-hybridized carbons (Fsp3) is 0.130. The third kappa shape index (κ3) is 3.52. The minimum Gasteiger partial charge on any atom is -0.273 e. The van der Waals surface area contributed by atoms with Crippen LogP contribution in [-0.2, 0) is 14.4 Å². The molecule has 3 atom stereocenters. The summed E-state index contributed by atoms with van der Waals surface area (Å²) in [7, 11) is 0. The Morgan fingerprint density at radius 2 is 1.61 bits per heavy atom. The highest BCUT2D eigenvalue weighted by atomic mass is 35.5. The van der Waals surface area contributed by atoms with E-state index in [4.69, 9.17) is 28.0 Å². The van der Waals surface area contributed by atoms with Gasteiger partial charge in [-0.2, -0.15) is 0 Å². The molecule has 2 amide bonds. The topological polar surface area (TPSA) is 93.0 Å². The van der Waals surface area contributed by atoms with Crippen LogP contribution in [-0.4, -0.2) is 22.8 Å². The minimum atomic E-state index is -1.10. The Morgan fingerprint density at radius 3 is 2.30 bits per heavy atom. The smallest absolute Gasteiger partial charge is 0.269 e. The van der Waals surface area contributed by atoms with E-state index in [1.165, 1.54) is 35.4 Å². The maximum absolute atomic E-state index is 13.6. The predicted molar refractivity (Wildman–Crippen MR) is 122 cm³/mol. The highest BCUT2D eigenvalue weighted by molar-refractivity contribution is 6.42. The van der Waals surface area contributed by atoms with Gasteiger partial charge < -0.3 is 0 Å². The predicted octanol–water partition coefficient (Wildman–Crippen LogP) is 4.95. The number of imide groups is 1. The van der Waals surface area contributed by atoms with Crippen molar-refractivity contribution in [3.63, 3.8) is 0 Å². The number of amides is 2. The van der Waals surface area contributed by atoms with Gasteiger partial charge in [-0.3, -0.25) is 24.5 Å². The highest BCUT2D eigenvalue weighted by Crippen LogP contribution is 2.48. The minimum absolute atomic E-state index is 0.123. The molecule has 8 nitrogen and oxygen atoms in total. The van der Waals surface area contributed by atoms with Crippen LogP contribution in [0, 0.1) is 16.0 Å². The lowest BCUT2D eigenvalue weighted by molar-refractivity contribution is -0.384. The summed E-state index contributed by atoms with van der Waals surface area (Å²) in [5.41, 5.74) is 1.26. The van der Waals surface area contributed by atoms with Crippen molar-refractivity contribution in [2.45, 2.75) is 12.1 Å². The molecule has 0 aromatic heterocycles. The molecule has 2 saturated heterocycles. The van der Waals surface area contributed by atoms with Crippen molar-refractivity contribution in [2.75, 3.05) is 9.96 Å². The molecule has 0 spiro atoms. The molecular formula is C23H15Cl2N3O5. The molecule has 33 heavy (non-hydrogen) atoms. The molecule has 10 heteroatoms. The number of nitro groups is 1. The Morgan fingerprint density at radius 1 is 0.848 bits per heavy atom. The van der Waals surface area contributed by atoms with Crippen LogP contribution in [0.5, 0.6) is 0 Å². The summed E-state index contributed by atoms with van der Waals surface area (Å²) < 4.78 is 0. The molecule has 0 radical (unpaired) electrons. The number of hydrogen-bond acceptors (Lipinski definition) is 6. The molecule has 0 N–H and O–H groups in total. The molecule has 2 fully saturated rings. The van der Waals surface area contributed by atoms with Crippen LogP contribution in [0.1, 0.15) is 11.6 Å². The van der Waals surface area contributed by atoms with Gasteiger partial charge in [-0.25, -0.2) is 9.96 Å². The van der Waals surface area contributed by atoms with Crippen molar-refractivity contribution in [1.29, 1.82) is 0 Å². The van der Waals surface area contributed by atoms with Gasteiger partial charge in [0.2, 0.25) is 5.91 Å². The van der Waals surface area contributed by atoms with Gasteiger partial charge in [0, 0.05) is 12.1 Å². The second-order valence-corrected chi connectivity index (χ2v) is 8.43. The zero-order valence-electron chi connectivity index (χ0n) is 16.8. The Hall–Kier alpha value is -3.46. The van der Waals surface area contributed by atoms with Gasteiger partial charge in [0.1, 0.15) is 5.92 Å². The van der Waals surface area contributed by atoms with E-state index in [9.17, 15) is 19.7 Å². The maximum atomic E-state index is 13.6. The van der Waals surface area contributed by atoms with Crippen molar-refractivity contribution >= 4 is 52.1 Å². The van der Waals surface area contributed by atoms with Crippen molar-refractivity contribution < 1.29 is 19.3 Å². The molecule has 5 rings (SSSR count). The first-order valence-electron chi connectivity index (χ1n) is 9.95. The summed E-state index contributed by atoms with van der Waals surface area (Å²) in [6.07, 6.45) is -1.10. The number of non-ortho nitro benzene ring substituents is 1. The van der Waals surface area contributed by atoms with Gasteiger partial charge in [-0.05, 0) is 35.9 Å². The first-order chi connectivity index (χ1) is 15.9. The number of benzene rings is 3. The van der Waals surface area contributed by atoms with Crippen molar-refractivity contribution in [3.05, 3.63) is 98.5 Å². The van der Waals surface area contributed by atoms with Gasteiger partial charge in [0.15, 0.2) is 6.10 Å². The molecule has 0 bridgehead atoms. The Labute approximate surface area is 198 Å². The third-order valence-electron chi connectivity index (χ3n) is 5.71. The summed E-state index contributed by atoms with van der Waals surface area (Å²) >= 11 is 12.1. The fourth-order valence-electron chi connectivity index (χ4n) is 4.25. The first-order valence-corrected chi connectivity index (χ1v) is 10.7. The van der Waals surface area contributed by atoms with Crippen LogP contribution in [0.3, 0.4) is 0 Å². The normalized spacial score (nSPS) is 22.1. The van der Waals surface area contributed by atoms with Gasteiger partial charge in [0.25, 0.3) is 11.6 Å². The van der Waals surface area contributed by atoms with E-state index in [0.29, 0.717) is 16.3 Å². The monoisotopic (exact) mass is 483 g/mol. The molecule has 0 aliphatic carbocycles. The van der Waals surface area contributed by atoms with Crippen LogP contribution in [0.25, 0.3) is 0 Å². The summed E-state index contributed by atoms with van der Waals surface area (Å²) in [6.45, 7) is 0. The molecule has 3 aromatic rings. The van der Waals surface area contributed by atoms with Crippen LogP contribution < -0.4 is 9.96 Å². The number of carbonyl (C=O) groups excluding carboxylic acids is 2. The number of para-hydroxylation sites is 1. The Balaban J connectivity index is 1.60. The molecule has 0 unspecified atom stereocenters. The largest absolute Gasteiger partial charge is 0.273 e. The number of rotatable bonds is 4. The summed E-state index contributed by atoms with van der Waals surface area (Å²) in [5, 5.41) is 13.3. The fourth-order valence-corrected chi connectivity index (χ4v) is 4.55. The SMILES string of the molecule is O=C1[C@@H]2[C@@H](ON(c3ccccc3)[C@H]2c2cccc([N+](=O)[O-])c2)C(=O)N1c1ccc(Cl)c(Cl)c1. The number of nitro benzene ring substituents is 1. The van der Waals surface area contributed by atoms with Gasteiger partial charge in [-0.15, -0.1) is 0 Å². The van der Waals surface area contributed by atoms with Crippen LogP contribution in [0.15, 0.2) is 72.8 Å². The summed E-state index contributed by atoms with van der Waals surface area (Å²) in [4.78, 5) is 44.8. The molecule has 0 saturated carbocycles. The summed E-state index contributed by atoms with van der Waals surface area (Å²) in [5.74, 6) is -1.95. The zero-order chi connectivity index (χ0) is 23.3. The van der Waals surface area contributed by atoms with Crippen molar-refractivity contribution in [3.8, 4) is 0 Å². The lowest BCUT2D eigenvalue weighted by Gasteiger charge is -2.28. The van der Waals surface area contributed by atoms with Gasteiger partial charge in [0.05, 0.1) is 32.4 Å². The highest BCUT2D eigenvalue weighted by Gasteiger charge is 2.60. The number of halogens is 2. The molecule has 2 heterocycles.